The van der Waals surface area contributed by atoms with Crippen LogP contribution in [0, 0.1) is 5.92 Å². The van der Waals surface area contributed by atoms with Crippen molar-refractivity contribution in [2.45, 2.75) is 58.2 Å². The van der Waals surface area contributed by atoms with E-state index in [1.54, 1.807) is 20.8 Å². The Labute approximate surface area is 141 Å². The Morgan fingerprint density at radius 2 is 2.12 bits per heavy atom. The standard InChI is InChI=1S/C15H26N4O5/c1-5-6-7-23-13(20)12(17-14(21)24-15(2,3)4)10-8-22-9-11(10)18-19-16/h10-12H,5-9H2,1-4H3,(H,17,21)/t10-,11+,12?/m0/s1. The van der Waals surface area contributed by atoms with Gasteiger partial charge in [-0.25, -0.2) is 9.59 Å². The van der Waals surface area contributed by atoms with Gasteiger partial charge in [-0.15, -0.1) is 0 Å². The molecule has 1 amide bonds. The molecule has 0 radical (unpaired) electrons. The number of azide groups is 1. The van der Waals surface area contributed by atoms with Gasteiger partial charge in [-0.3, -0.25) is 0 Å². The second kappa shape index (κ2) is 9.34. The maximum atomic E-state index is 12.4. The Morgan fingerprint density at radius 1 is 1.42 bits per heavy atom. The van der Waals surface area contributed by atoms with Gasteiger partial charge in [0.1, 0.15) is 11.6 Å². The number of hydrogen-bond acceptors (Lipinski definition) is 6. The summed E-state index contributed by atoms with van der Waals surface area (Å²) in [6.07, 6.45) is 0.878. The third-order valence-electron chi connectivity index (χ3n) is 3.39. The Bertz CT molecular complexity index is 485. The predicted octanol–water partition coefficient (Wildman–Crippen LogP) is 2.55. The van der Waals surface area contributed by atoms with E-state index in [1.165, 1.54) is 0 Å². The summed E-state index contributed by atoms with van der Waals surface area (Å²) < 4.78 is 15.7. The molecule has 1 aliphatic heterocycles. The molecule has 0 spiro atoms. The fraction of sp³-hybridized carbons (Fsp3) is 0.867. The molecule has 1 heterocycles. The zero-order chi connectivity index (χ0) is 18.2. The SMILES string of the molecule is CCCCOC(=O)C(NC(=O)OC(C)(C)C)[C@H]1COC[C@H]1N=[N+]=[N-]. The molecule has 1 rings (SSSR count). The molecule has 0 aromatic heterocycles. The van der Waals surface area contributed by atoms with Crippen LogP contribution in [0.1, 0.15) is 40.5 Å². The minimum atomic E-state index is -0.991. The highest BCUT2D eigenvalue weighted by atomic mass is 16.6. The van der Waals surface area contributed by atoms with Crippen molar-refractivity contribution in [1.82, 2.24) is 5.32 Å². The van der Waals surface area contributed by atoms with Crippen LogP contribution in [0.15, 0.2) is 5.11 Å². The fourth-order valence-corrected chi connectivity index (χ4v) is 2.25. The number of carbonyl (C=O) groups excluding carboxylic acids is 2. The fourth-order valence-electron chi connectivity index (χ4n) is 2.25. The van der Waals surface area contributed by atoms with Gasteiger partial charge in [0.15, 0.2) is 0 Å². The monoisotopic (exact) mass is 342 g/mol. The molecule has 1 N–H and O–H groups in total. The molecule has 0 bridgehead atoms. The molecule has 0 saturated carbocycles. The summed E-state index contributed by atoms with van der Waals surface area (Å²) in [4.78, 5) is 27.2. The molecule has 136 valence electrons. The molecule has 1 fully saturated rings. The van der Waals surface area contributed by atoms with E-state index in [2.05, 4.69) is 15.3 Å². The molecule has 9 heteroatoms. The lowest BCUT2D eigenvalue weighted by Crippen LogP contribution is -2.51. The van der Waals surface area contributed by atoms with Gasteiger partial charge in [-0.05, 0) is 32.7 Å². The number of esters is 1. The van der Waals surface area contributed by atoms with Crippen molar-refractivity contribution in [2.75, 3.05) is 19.8 Å². The van der Waals surface area contributed by atoms with Crippen LogP contribution in [0.25, 0.3) is 10.4 Å². The first-order valence-electron chi connectivity index (χ1n) is 8.06. The smallest absolute Gasteiger partial charge is 0.408 e. The summed E-state index contributed by atoms with van der Waals surface area (Å²) in [5.41, 5.74) is 7.95. The molecule has 0 aliphatic carbocycles. The Kier molecular flexibility index (Phi) is 7.81. The van der Waals surface area contributed by atoms with E-state index in [4.69, 9.17) is 19.7 Å². The minimum absolute atomic E-state index is 0.188. The van der Waals surface area contributed by atoms with E-state index in [9.17, 15) is 9.59 Å². The Hall–Kier alpha value is -1.99. The van der Waals surface area contributed by atoms with Crippen molar-refractivity contribution in [2.24, 2.45) is 11.0 Å². The number of nitrogens with one attached hydrogen (secondary N) is 1. The number of alkyl carbamates (subject to hydrolysis) is 1. The number of unbranched alkanes of at least 4 members (excludes halogenated alkanes) is 1. The van der Waals surface area contributed by atoms with Crippen LogP contribution in [0.5, 0.6) is 0 Å². The number of amides is 1. The normalized spacial score (nSPS) is 21.5. The largest absolute Gasteiger partial charge is 0.464 e. The van der Waals surface area contributed by atoms with Crippen LogP contribution in [-0.4, -0.2) is 49.6 Å². The number of rotatable bonds is 7. The molecule has 3 atom stereocenters. The van der Waals surface area contributed by atoms with Crippen LogP contribution < -0.4 is 5.32 Å². The Morgan fingerprint density at radius 3 is 2.71 bits per heavy atom. The van der Waals surface area contributed by atoms with Crippen LogP contribution in [0.4, 0.5) is 4.79 Å². The van der Waals surface area contributed by atoms with Gasteiger partial charge >= 0.3 is 12.1 Å². The Balaban J connectivity index is 2.84. The molecular weight excluding hydrogens is 316 g/mol. The van der Waals surface area contributed by atoms with E-state index < -0.39 is 35.7 Å². The first-order chi connectivity index (χ1) is 11.3. The van der Waals surface area contributed by atoms with Crippen LogP contribution in [-0.2, 0) is 19.0 Å². The van der Waals surface area contributed by atoms with Gasteiger partial charge < -0.3 is 19.5 Å². The minimum Gasteiger partial charge on any atom is -0.464 e. The van der Waals surface area contributed by atoms with Gasteiger partial charge in [0.25, 0.3) is 0 Å². The first-order valence-corrected chi connectivity index (χ1v) is 8.06. The molecule has 24 heavy (non-hydrogen) atoms. The second-order valence-corrected chi connectivity index (χ2v) is 6.62. The average molecular weight is 342 g/mol. The third-order valence-corrected chi connectivity index (χ3v) is 3.39. The molecule has 9 nitrogen and oxygen atoms in total. The lowest BCUT2D eigenvalue weighted by Gasteiger charge is -2.26. The van der Waals surface area contributed by atoms with Crippen molar-refractivity contribution in [1.29, 1.82) is 0 Å². The molecule has 1 saturated heterocycles. The molecule has 0 aromatic carbocycles. The van der Waals surface area contributed by atoms with Gasteiger partial charge in [-0.2, -0.15) is 0 Å². The number of carbonyl (C=O) groups is 2. The van der Waals surface area contributed by atoms with E-state index in [0.29, 0.717) is 0 Å². The van der Waals surface area contributed by atoms with E-state index in [1.807, 2.05) is 6.92 Å². The van der Waals surface area contributed by atoms with Gasteiger partial charge in [0, 0.05) is 10.8 Å². The summed E-state index contributed by atoms with van der Waals surface area (Å²) in [6.45, 7) is 7.80. The van der Waals surface area contributed by atoms with Gasteiger partial charge in [0.2, 0.25) is 0 Å². The van der Waals surface area contributed by atoms with Crippen LogP contribution >= 0.6 is 0 Å². The van der Waals surface area contributed by atoms with E-state index in [-0.39, 0.29) is 19.8 Å². The highest BCUT2D eigenvalue weighted by Gasteiger charge is 2.40. The lowest BCUT2D eigenvalue weighted by atomic mass is 9.95. The lowest BCUT2D eigenvalue weighted by molar-refractivity contribution is -0.148. The average Bonchev–Trinajstić information content (AvgIpc) is 2.91. The summed E-state index contributed by atoms with van der Waals surface area (Å²) in [6, 6.07) is -1.54. The van der Waals surface area contributed by atoms with Gasteiger partial charge in [-0.1, -0.05) is 18.5 Å². The zero-order valence-corrected chi connectivity index (χ0v) is 14.7. The summed E-state index contributed by atoms with van der Waals surface area (Å²) in [5, 5.41) is 6.17. The first kappa shape index (κ1) is 20.1. The molecule has 0 aromatic rings. The number of ether oxygens (including phenoxy) is 3. The highest BCUT2D eigenvalue weighted by Crippen LogP contribution is 2.22. The van der Waals surface area contributed by atoms with Crippen LogP contribution in [0.3, 0.4) is 0 Å². The second-order valence-electron chi connectivity index (χ2n) is 6.62. The van der Waals surface area contributed by atoms with Gasteiger partial charge in [0.05, 0.1) is 25.9 Å². The maximum absolute atomic E-state index is 12.4. The van der Waals surface area contributed by atoms with Crippen molar-refractivity contribution >= 4 is 12.1 Å². The summed E-state index contributed by atoms with van der Waals surface area (Å²) in [5.74, 6) is -1.08. The van der Waals surface area contributed by atoms with Crippen LogP contribution in [0.2, 0.25) is 0 Å². The topological polar surface area (TPSA) is 123 Å². The summed E-state index contributed by atoms with van der Waals surface area (Å²) in [7, 11) is 0. The predicted molar refractivity (Wildman–Crippen MR) is 86.3 cm³/mol. The van der Waals surface area contributed by atoms with E-state index in [0.717, 1.165) is 12.8 Å². The maximum Gasteiger partial charge on any atom is 0.408 e. The summed E-state index contributed by atoms with van der Waals surface area (Å²) >= 11 is 0. The van der Waals surface area contributed by atoms with Crippen molar-refractivity contribution in [3.05, 3.63) is 10.4 Å². The molecule has 1 unspecified atom stereocenters. The third kappa shape index (κ3) is 6.64. The molecule has 1 aliphatic rings. The molecular formula is C15H26N4O5. The van der Waals surface area contributed by atoms with E-state index >= 15 is 0 Å². The van der Waals surface area contributed by atoms with Crippen molar-refractivity contribution in [3.63, 3.8) is 0 Å². The quantitative estimate of drug-likeness (QED) is 0.250. The highest BCUT2D eigenvalue weighted by molar-refractivity contribution is 5.82. The number of hydrogen-bond donors (Lipinski definition) is 1. The zero-order valence-electron chi connectivity index (χ0n) is 14.7. The van der Waals surface area contributed by atoms with Crippen molar-refractivity contribution < 1.29 is 23.8 Å². The van der Waals surface area contributed by atoms with Crippen molar-refractivity contribution in [3.8, 4) is 0 Å². The number of nitrogens with zero attached hydrogens (tertiary/aromatic N) is 3.